The molecule has 1 saturated heterocycles. The van der Waals surface area contributed by atoms with Gasteiger partial charge in [-0.2, -0.15) is 0 Å². The Kier molecular flexibility index (Phi) is 3.74. The van der Waals surface area contributed by atoms with Gasteiger partial charge in [-0.1, -0.05) is 0 Å². The summed E-state index contributed by atoms with van der Waals surface area (Å²) in [5.41, 5.74) is 3.17. The molecule has 3 nitrogen and oxygen atoms in total. The number of nitrogens with one attached hydrogen (secondary N) is 1. The van der Waals surface area contributed by atoms with Gasteiger partial charge in [0.15, 0.2) is 0 Å². The summed E-state index contributed by atoms with van der Waals surface area (Å²) in [5.74, 6) is 1.00. The van der Waals surface area contributed by atoms with Gasteiger partial charge in [-0.3, -0.25) is 4.90 Å². The number of piperidine rings is 1. The molecule has 0 unspecified atom stereocenters. The Bertz CT molecular complexity index is 326. The average Bonchev–Trinajstić information content (AvgIpc) is 3.05. The first-order valence-electron chi connectivity index (χ1n) is 6.73. The molecule has 1 aromatic heterocycles. The van der Waals surface area contributed by atoms with Crippen molar-refractivity contribution in [2.24, 2.45) is 5.92 Å². The average molecular weight is 251 g/mol. The van der Waals surface area contributed by atoms with Crippen molar-refractivity contribution in [1.29, 1.82) is 0 Å². The summed E-state index contributed by atoms with van der Waals surface area (Å²) in [4.78, 5) is 6.89. The largest absolute Gasteiger partial charge is 0.314 e. The minimum atomic E-state index is 0.766. The molecule has 1 N–H and O–H groups in total. The molecule has 4 heteroatoms. The highest BCUT2D eigenvalue weighted by Crippen LogP contribution is 2.28. The second-order valence-electron chi connectivity index (χ2n) is 5.38. The Morgan fingerprint density at radius 2 is 2.12 bits per heavy atom. The van der Waals surface area contributed by atoms with Crippen molar-refractivity contribution in [1.82, 2.24) is 15.2 Å². The number of rotatable bonds is 5. The van der Waals surface area contributed by atoms with E-state index in [9.17, 15) is 0 Å². The summed E-state index contributed by atoms with van der Waals surface area (Å²) in [6.07, 6.45) is 5.51. The van der Waals surface area contributed by atoms with Crippen molar-refractivity contribution in [3.63, 3.8) is 0 Å². The van der Waals surface area contributed by atoms with Gasteiger partial charge in [-0.05, 0) is 38.1 Å². The van der Waals surface area contributed by atoms with Crippen LogP contribution in [0.5, 0.6) is 0 Å². The Hall–Kier alpha value is -0.450. The van der Waals surface area contributed by atoms with Gasteiger partial charge in [0.05, 0.1) is 11.2 Å². The van der Waals surface area contributed by atoms with Gasteiger partial charge >= 0.3 is 0 Å². The van der Waals surface area contributed by atoms with Gasteiger partial charge < -0.3 is 5.32 Å². The van der Waals surface area contributed by atoms with Crippen LogP contribution in [-0.2, 0) is 6.54 Å². The Labute approximate surface area is 107 Å². The SMILES string of the molecule is c1nc(CN2CCC(NCC3CC3)CC2)cs1. The van der Waals surface area contributed by atoms with Crippen LogP contribution >= 0.6 is 11.3 Å². The molecule has 0 bridgehead atoms. The highest BCUT2D eigenvalue weighted by atomic mass is 32.1. The Morgan fingerprint density at radius 1 is 1.29 bits per heavy atom. The predicted molar refractivity (Wildman–Crippen MR) is 71.1 cm³/mol. The molecule has 0 aromatic carbocycles. The monoisotopic (exact) mass is 251 g/mol. The molecule has 1 aromatic rings. The first-order chi connectivity index (χ1) is 8.40. The minimum absolute atomic E-state index is 0.766. The standard InChI is InChI=1S/C13H21N3S/c1-2-11(1)7-14-12-3-5-16(6-4-12)8-13-9-17-10-15-13/h9-12,14H,1-8H2. The van der Waals surface area contributed by atoms with E-state index in [1.54, 1.807) is 11.3 Å². The van der Waals surface area contributed by atoms with E-state index in [1.165, 1.54) is 51.0 Å². The van der Waals surface area contributed by atoms with Crippen LogP contribution in [0.3, 0.4) is 0 Å². The quantitative estimate of drug-likeness (QED) is 0.869. The van der Waals surface area contributed by atoms with E-state index >= 15 is 0 Å². The number of likely N-dealkylation sites (tertiary alicyclic amines) is 1. The van der Waals surface area contributed by atoms with Gasteiger partial charge in [0.2, 0.25) is 0 Å². The minimum Gasteiger partial charge on any atom is -0.314 e. The van der Waals surface area contributed by atoms with Crippen LogP contribution in [0.1, 0.15) is 31.4 Å². The zero-order chi connectivity index (χ0) is 11.5. The van der Waals surface area contributed by atoms with Crippen molar-refractivity contribution < 1.29 is 0 Å². The van der Waals surface area contributed by atoms with E-state index in [0.717, 1.165) is 18.5 Å². The molecule has 1 aliphatic heterocycles. The third-order valence-electron chi connectivity index (χ3n) is 3.85. The molecular formula is C13H21N3S. The topological polar surface area (TPSA) is 28.2 Å². The second kappa shape index (κ2) is 5.46. The summed E-state index contributed by atoms with van der Waals surface area (Å²) in [6, 6.07) is 0.766. The van der Waals surface area contributed by atoms with Crippen molar-refractivity contribution in [3.05, 3.63) is 16.6 Å². The molecule has 0 spiro atoms. The highest BCUT2D eigenvalue weighted by Gasteiger charge is 2.24. The molecule has 1 saturated carbocycles. The van der Waals surface area contributed by atoms with Crippen LogP contribution in [-0.4, -0.2) is 35.6 Å². The smallest absolute Gasteiger partial charge is 0.0795 e. The summed E-state index contributed by atoms with van der Waals surface area (Å²) in [6.45, 7) is 4.75. The summed E-state index contributed by atoms with van der Waals surface area (Å²) >= 11 is 1.70. The molecule has 0 radical (unpaired) electrons. The van der Waals surface area contributed by atoms with Gasteiger partial charge in [-0.15, -0.1) is 11.3 Å². The fourth-order valence-corrected chi connectivity index (χ4v) is 3.04. The number of aromatic nitrogens is 1. The molecule has 2 fully saturated rings. The van der Waals surface area contributed by atoms with Crippen LogP contribution in [0.4, 0.5) is 0 Å². The molecular weight excluding hydrogens is 230 g/mol. The fourth-order valence-electron chi connectivity index (χ4n) is 2.50. The van der Waals surface area contributed by atoms with E-state index in [4.69, 9.17) is 0 Å². The van der Waals surface area contributed by atoms with Crippen molar-refractivity contribution in [2.75, 3.05) is 19.6 Å². The number of thiazole rings is 1. The van der Waals surface area contributed by atoms with Gasteiger partial charge in [0, 0.05) is 31.1 Å². The molecule has 0 amide bonds. The van der Waals surface area contributed by atoms with Crippen molar-refractivity contribution in [2.45, 2.75) is 38.3 Å². The second-order valence-corrected chi connectivity index (χ2v) is 6.10. The fraction of sp³-hybridized carbons (Fsp3) is 0.769. The van der Waals surface area contributed by atoms with Gasteiger partial charge in [0.1, 0.15) is 0 Å². The number of hydrogen-bond donors (Lipinski definition) is 1. The van der Waals surface area contributed by atoms with Crippen LogP contribution < -0.4 is 5.32 Å². The maximum Gasteiger partial charge on any atom is 0.0795 e. The molecule has 3 rings (SSSR count). The maximum atomic E-state index is 4.36. The predicted octanol–water partition coefficient (Wildman–Crippen LogP) is 2.11. The zero-order valence-corrected chi connectivity index (χ0v) is 11.1. The zero-order valence-electron chi connectivity index (χ0n) is 10.3. The molecule has 2 aliphatic rings. The van der Waals surface area contributed by atoms with Gasteiger partial charge in [-0.25, -0.2) is 4.98 Å². The lowest BCUT2D eigenvalue weighted by Crippen LogP contribution is -2.42. The van der Waals surface area contributed by atoms with Crippen molar-refractivity contribution >= 4 is 11.3 Å². The summed E-state index contributed by atoms with van der Waals surface area (Å²) in [7, 11) is 0. The van der Waals surface area contributed by atoms with E-state index in [-0.39, 0.29) is 0 Å². The van der Waals surface area contributed by atoms with Crippen LogP contribution in [0.2, 0.25) is 0 Å². The highest BCUT2D eigenvalue weighted by molar-refractivity contribution is 7.07. The molecule has 0 atom stereocenters. The third kappa shape index (κ3) is 3.50. The number of nitrogens with zero attached hydrogens (tertiary/aromatic N) is 2. The molecule has 1 aliphatic carbocycles. The molecule has 17 heavy (non-hydrogen) atoms. The van der Waals surface area contributed by atoms with Crippen LogP contribution in [0.25, 0.3) is 0 Å². The Morgan fingerprint density at radius 3 is 2.76 bits per heavy atom. The molecule has 94 valence electrons. The lowest BCUT2D eigenvalue weighted by atomic mass is 10.0. The van der Waals surface area contributed by atoms with E-state index in [1.807, 2.05) is 5.51 Å². The Balaban J connectivity index is 1.37. The third-order valence-corrected chi connectivity index (χ3v) is 4.48. The van der Waals surface area contributed by atoms with Crippen LogP contribution in [0, 0.1) is 5.92 Å². The lowest BCUT2D eigenvalue weighted by Gasteiger charge is -2.32. The van der Waals surface area contributed by atoms with Crippen LogP contribution in [0.15, 0.2) is 10.9 Å². The summed E-state index contributed by atoms with van der Waals surface area (Å²) < 4.78 is 0. The van der Waals surface area contributed by atoms with Gasteiger partial charge in [0.25, 0.3) is 0 Å². The lowest BCUT2D eigenvalue weighted by molar-refractivity contribution is 0.188. The number of hydrogen-bond acceptors (Lipinski definition) is 4. The first-order valence-corrected chi connectivity index (χ1v) is 7.67. The normalized spacial score (nSPS) is 23.1. The summed E-state index contributed by atoms with van der Waals surface area (Å²) in [5, 5.41) is 5.89. The molecule has 2 heterocycles. The van der Waals surface area contributed by atoms with Crippen molar-refractivity contribution in [3.8, 4) is 0 Å². The van der Waals surface area contributed by atoms with E-state index < -0.39 is 0 Å². The first kappa shape index (κ1) is 11.6. The maximum absolute atomic E-state index is 4.36. The van der Waals surface area contributed by atoms with E-state index in [0.29, 0.717) is 0 Å². The van der Waals surface area contributed by atoms with E-state index in [2.05, 4.69) is 20.6 Å².